The summed E-state index contributed by atoms with van der Waals surface area (Å²) in [6.45, 7) is 1.33. The summed E-state index contributed by atoms with van der Waals surface area (Å²) < 4.78 is 2.97. The van der Waals surface area contributed by atoms with E-state index in [1.54, 1.807) is 6.20 Å². The highest BCUT2D eigenvalue weighted by molar-refractivity contribution is 9.10. The van der Waals surface area contributed by atoms with Gasteiger partial charge in [0.1, 0.15) is 0 Å². The highest BCUT2D eigenvalue weighted by atomic mass is 79.9. The Balaban J connectivity index is 2.01. The predicted molar refractivity (Wildman–Crippen MR) is 82.6 cm³/mol. The fourth-order valence-electron chi connectivity index (χ4n) is 1.77. The van der Waals surface area contributed by atoms with E-state index in [0.717, 1.165) is 10.0 Å². The molecule has 0 spiro atoms. The molecule has 2 aromatic rings. The minimum Gasteiger partial charge on any atom is -0.319 e. The molecule has 5 nitrogen and oxygen atoms in total. The van der Waals surface area contributed by atoms with E-state index in [0.29, 0.717) is 25.5 Å². The third-order valence-corrected chi connectivity index (χ3v) is 3.36. The second kappa shape index (κ2) is 7.21. The van der Waals surface area contributed by atoms with Crippen LogP contribution in [0, 0.1) is 0 Å². The third kappa shape index (κ3) is 4.18. The van der Waals surface area contributed by atoms with Crippen LogP contribution in [0.25, 0.3) is 0 Å². The lowest BCUT2D eigenvalue weighted by Crippen LogP contribution is -2.20. The van der Waals surface area contributed by atoms with E-state index in [1.165, 1.54) is 0 Å². The van der Waals surface area contributed by atoms with Crippen LogP contribution in [0.1, 0.15) is 12.0 Å². The first-order chi connectivity index (χ1) is 9.69. The summed E-state index contributed by atoms with van der Waals surface area (Å²) in [5.41, 5.74) is 1.15. The molecule has 0 saturated heterocycles. The second-order valence-corrected chi connectivity index (χ2v) is 5.32. The second-order valence-electron chi connectivity index (χ2n) is 4.41. The molecule has 106 valence electrons. The largest absolute Gasteiger partial charge is 0.319 e. The van der Waals surface area contributed by atoms with Crippen LogP contribution < -0.4 is 10.6 Å². The molecular formula is C14H17BrN4O. The first-order valence-corrected chi connectivity index (χ1v) is 7.18. The van der Waals surface area contributed by atoms with E-state index in [2.05, 4.69) is 31.5 Å². The van der Waals surface area contributed by atoms with Gasteiger partial charge in [0.15, 0.2) is 0 Å². The van der Waals surface area contributed by atoms with Gasteiger partial charge in [0.2, 0.25) is 11.9 Å². The Morgan fingerprint density at radius 3 is 2.80 bits per heavy atom. The molecular weight excluding hydrogens is 320 g/mol. The summed E-state index contributed by atoms with van der Waals surface area (Å²) >= 11 is 3.41. The number of nitrogens with one attached hydrogen (secondary N) is 2. The summed E-state index contributed by atoms with van der Waals surface area (Å²) in [5, 5.41) is 5.77. The van der Waals surface area contributed by atoms with Crippen LogP contribution in [0.4, 0.5) is 5.95 Å². The zero-order valence-electron chi connectivity index (χ0n) is 11.3. The molecule has 0 aliphatic carbocycles. The zero-order valence-corrected chi connectivity index (χ0v) is 12.9. The number of imidazole rings is 1. The van der Waals surface area contributed by atoms with Gasteiger partial charge >= 0.3 is 0 Å². The van der Waals surface area contributed by atoms with Crippen LogP contribution in [-0.2, 0) is 11.3 Å². The van der Waals surface area contributed by atoms with Crippen LogP contribution >= 0.6 is 15.9 Å². The third-order valence-electron chi connectivity index (χ3n) is 2.83. The monoisotopic (exact) mass is 336 g/mol. The van der Waals surface area contributed by atoms with Gasteiger partial charge in [0, 0.05) is 29.8 Å². The maximum Gasteiger partial charge on any atom is 0.227 e. The average Bonchev–Trinajstić information content (AvgIpc) is 2.86. The van der Waals surface area contributed by atoms with Crippen LogP contribution in [0.3, 0.4) is 0 Å². The quantitative estimate of drug-likeness (QED) is 0.850. The van der Waals surface area contributed by atoms with Gasteiger partial charge in [-0.05, 0) is 24.7 Å². The minimum absolute atomic E-state index is 0.0393. The van der Waals surface area contributed by atoms with Gasteiger partial charge in [-0.25, -0.2) is 4.98 Å². The number of hydrogen-bond acceptors (Lipinski definition) is 3. The number of carbonyl (C=O) groups excluding carboxylic acids is 1. The molecule has 0 bridgehead atoms. The fraction of sp³-hybridized carbons (Fsp3) is 0.286. The summed E-state index contributed by atoms with van der Waals surface area (Å²) in [4.78, 5) is 15.9. The van der Waals surface area contributed by atoms with Gasteiger partial charge in [-0.1, -0.05) is 28.1 Å². The number of halogens is 1. The summed E-state index contributed by atoms with van der Waals surface area (Å²) in [7, 11) is 1.82. The fourth-order valence-corrected chi connectivity index (χ4v) is 2.04. The molecule has 0 aliphatic rings. The van der Waals surface area contributed by atoms with Gasteiger partial charge in [0.25, 0.3) is 0 Å². The molecule has 0 unspecified atom stereocenters. The van der Waals surface area contributed by atoms with Gasteiger partial charge in [-0.3, -0.25) is 10.1 Å². The van der Waals surface area contributed by atoms with Crippen LogP contribution in [0.2, 0.25) is 0 Å². The van der Waals surface area contributed by atoms with E-state index in [1.807, 2.05) is 42.1 Å². The van der Waals surface area contributed by atoms with Crippen molar-refractivity contribution in [1.82, 2.24) is 14.9 Å². The van der Waals surface area contributed by atoms with Crippen molar-refractivity contribution in [1.29, 1.82) is 0 Å². The summed E-state index contributed by atoms with van der Waals surface area (Å²) in [6.07, 6.45) is 3.98. The normalized spacial score (nSPS) is 10.5. The highest BCUT2D eigenvalue weighted by Gasteiger charge is 2.07. The van der Waals surface area contributed by atoms with E-state index in [-0.39, 0.29) is 5.91 Å². The molecule has 0 radical (unpaired) electrons. The molecule has 2 rings (SSSR count). The average molecular weight is 337 g/mol. The first-order valence-electron chi connectivity index (χ1n) is 6.39. The van der Waals surface area contributed by atoms with Crippen molar-refractivity contribution < 1.29 is 4.79 Å². The summed E-state index contributed by atoms with van der Waals surface area (Å²) in [6, 6.07) is 8.07. The molecule has 1 aromatic heterocycles. The molecule has 20 heavy (non-hydrogen) atoms. The molecule has 1 aromatic carbocycles. The van der Waals surface area contributed by atoms with Crippen molar-refractivity contribution >= 4 is 27.8 Å². The Morgan fingerprint density at radius 1 is 1.35 bits per heavy atom. The number of rotatable bonds is 6. The molecule has 0 fully saturated rings. The van der Waals surface area contributed by atoms with Gasteiger partial charge < -0.3 is 9.88 Å². The Kier molecular flexibility index (Phi) is 5.31. The highest BCUT2D eigenvalue weighted by Crippen LogP contribution is 2.13. The van der Waals surface area contributed by atoms with Crippen molar-refractivity contribution in [3.63, 3.8) is 0 Å². The number of amides is 1. The van der Waals surface area contributed by atoms with Gasteiger partial charge in [0.05, 0.1) is 6.54 Å². The number of carbonyl (C=O) groups is 1. The topological polar surface area (TPSA) is 59.0 Å². The van der Waals surface area contributed by atoms with Crippen molar-refractivity contribution in [2.45, 2.75) is 13.0 Å². The molecule has 1 heterocycles. The van der Waals surface area contributed by atoms with Gasteiger partial charge in [-0.15, -0.1) is 0 Å². The molecule has 1 amide bonds. The lowest BCUT2D eigenvalue weighted by molar-refractivity contribution is -0.116. The standard InChI is InChI=1S/C14H17BrN4O/c1-16-7-6-13(20)18-14-17-8-9-19(14)10-11-2-4-12(15)5-3-11/h2-5,8-9,16H,6-7,10H2,1H3,(H,17,18,20). The van der Waals surface area contributed by atoms with Crippen molar-refractivity contribution in [3.05, 3.63) is 46.7 Å². The molecule has 2 N–H and O–H groups in total. The van der Waals surface area contributed by atoms with Gasteiger partial charge in [-0.2, -0.15) is 0 Å². The number of aromatic nitrogens is 2. The Labute approximate surface area is 126 Å². The lowest BCUT2D eigenvalue weighted by atomic mass is 10.2. The summed E-state index contributed by atoms with van der Waals surface area (Å²) in [5.74, 6) is 0.539. The number of benzene rings is 1. The van der Waals surface area contributed by atoms with E-state index >= 15 is 0 Å². The van der Waals surface area contributed by atoms with E-state index < -0.39 is 0 Å². The zero-order chi connectivity index (χ0) is 14.4. The smallest absolute Gasteiger partial charge is 0.227 e. The molecule has 6 heteroatoms. The van der Waals surface area contributed by atoms with Crippen LogP contribution in [-0.4, -0.2) is 29.1 Å². The predicted octanol–water partition coefficient (Wildman–Crippen LogP) is 2.24. The Bertz CT molecular complexity index is 565. The maximum absolute atomic E-state index is 11.7. The Hall–Kier alpha value is -1.66. The molecule has 0 aliphatic heterocycles. The molecule has 0 saturated carbocycles. The van der Waals surface area contributed by atoms with E-state index in [9.17, 15) is 4.79 Å². The van der Waals surface area contributed by atoms with Crippen molar-refractivity contribution in [2.24, 2.45) is 0 Å². The SMILES string of the molecule is CNCCC(=O)Nc1nccn1Cc1ccc(Br)cc1. The minimum atomic E-state index is -0.0393. The Morgan fingerprint density at radius 2 is 2.10 bits per heavy atom. The number of anilines is 1. The number of hydrogen-bond donors (Lipinski definition) is 2. The maximum atomic E-state index is 11.7. The van der Waals surface area contributed by atoms with Crippen molar-refractivity contribution in [2.75, 3.05) is 18.9 Å². The van der Waals surface area contributed by atoms with Crippen LogP contribution in [0.5, 0.6) is 0 Å². The molecule has 0 atom stereocenters. The first kappa shape index (κ1) is 14.7. The van der Waals surface area contributed by atoms with E-state index in [4.69, 9.17) is 0 Å². The number of nitrogens with zero attached hydrogens (tertiary/aromatic N) is 2. The van der Waals surface area contributed by atoms with Crippen molar-refractivity contribution in [3.8, 4) is 0 Å². The lowest BCUT2D eigenvalue weighted by Gasteiger charge is -2.09. The van der Waals surface area contributed by atoms with Crippen LogP contribution in [0.15, 0.2) is 41.1 Å².